The van der Waals surface area contributed by atoms with Crippen LogP contribution in [0.1, 0.15) is 71.7 Å². The van der Waals surface area contributed by atoms with Crippen LogP contribution in [0.5, 0.6) is 0 Å². The number of nitrogens with zero attached hydrogens (tertiary/aromatic N) is 6. The number of carbonyl (C=O) groups excluding carboxylic acids is 4. The van der Waals surface area contributed by atoms with E-state index in [1.54, 1.807) is 9.80 Å². The number of benzene rings is 4. The van der Waals surface area contributed by atoms with Crippen molar-refractivity contribution in [3.63, 3.8) is 0 Å². The van der Waals surface area contributed by atoms with Crippen LogP contribution < -0.4 is 0 Å². The molecule has 16 nitrogen and oxygen atoms in total. The molecule has 64 heavy (non-hydrogen) atoms. The predicted molar refractivity (Wildman–Crippen MR) is 232 cm³/mol. The first-order valence-corrected chi connectivity index (χ1v) is 21.6. The number of carbonyl (C=O) groups is 4. The fourth-order valence-corrected chi connectivity index (χ4v) is 8.94. The predicted octanol–water partition coefficient (Wildman–Crippen LogP) is 6.16. The highest BCUT2D eigenvalue weighted by atomic mass is 16.6. The van der Waals surface area contributed by atoms with Gasteiger partial charge < -0.3 is 38.7 Å². The molecule has 6 heterocycles. The van der Waals surface area contributed by atoms with E-state index in [1.165, 1.54) is 9.80 Å². The zero-order valence-corrected chi connectivity index (χ0v) is 35.0. The Morgan fingerprint density at radius 3 is 1.47 bits per heavy atom. The molecule has 6 aromatic rings. The molecule has 0 saturated carbocycles. The molecule has 10 rings (SSSR count). The molecule has 0 spiro atoms. The van der Waals surface area contributed by atoms with Gasteiger partial charge in [0.1, 0.15) is 50.4 Å². The van der Waals surface area contributed by atoms with Crippen LogP contribution in [0.25, 0.3) is 22.1 Å². The number of fused-ring (bicyclic) bond motifs is 2. The SMILES string of the molecule is O=C([C@H]1COCN1C(=O)OCc1ccccc1)N1CCCC1c1nc2cc(C#Cc3ccc4[nH]c([C@@H]5CCCN5C(=O)[C@H]5COCN5C(=O)OCc5ccccc5)nc4c3)ccc2[nH]1. The number of hydrogen-bond acceptors (Lipinski definition) is 10. The molecule has 0 aliphatic carbocycles. The smallest absolute Gasteiger partial charge is 0.412 e. The molecule has 0 bridgehead atoms. The molecule has 4 aliphatic heterocycles. The molecule has 4 fully saturated rings. The Bertz CT molecular complexity index is 2580. The molecule has 4 amide bonds. The minimum atomic E-state index is -0.780. The summed E-state index contributed by atoms with van der Waals surface area (Å²) in [7, 11) is 0. The summed E-state index contributed by atoms with van der Waals surface area (Å²) >= 11 is 0. The molecule has 2 aromatic heterocycles. The molecule has 16 heteroatoms. The minimum Gasteiger partial charge on any atom is -0.444 e. The molecule has 326 valence electrons. The highest BCUT2D eigenvalue weighted by Crippen LogP contribution is 2.35. The monoisotopic (exact) mass is 862 g/mol. The number of aromatic nitrogens is 4. The maximum atomic E-state index is 13.9. The highest BCUT2D eigenvalue weighted by Gasteiger charge is 2.44. The van der Waals surface area contributed by atoms with Crippen LogP contribution in [-0.4, -0.2) is 115 Å². The lowest BCUT2D eigenvalue weighted by Gasteiger charge is -2.29. The number of ether oxygens (including phenoxy) is 4. The third-order valence-electron chi connectivity index (χ3n) is 12.3. The molecule has 4 saturated heterocycles. The van der Waals surface area contributed by atoms with E-state index < -0.39 is 24.3 Å². The van der Waals surface area contributed by atoms with Gasteiger partial charge in [-0.1, -0.05) is 72.5 Å². The van der Waals surface area contributed by atoms with E-state index in [2.05, 4.69) is 21.8 Å². The van der Waals surface area contributed by atoms with Crippen LogP contribution in [0.15, 0.2) is 97.1 Å². The molecule has 2 N–H and O–H groups in total. The molecule has 4 aromatic carbocycles. The Morgan fingerprint density at radius 2 is 1.03 bits per heavy atom. The van der Waals surface area contributed by atoms with Crippen molar-refractivity contribution in [3.05, 3.63) is 131 Å². The standard InChI is InChI=1S/C48H46N8O8/c57-45(41-27-61-29-55(41)47(59)63-25-33-9-3-1-4-10-33)53-21-7-13-39(53)43-49-35-19-17-31(23-37(35)51-43)15-16-32-18-20-36-38(24-32)52-44(50-36)40-14-8-22-54(40)46(58)42-28-62-30-56(42)48(60)64-26-34-11-5-2-6-12-34/h1-6,9-12,17-20,23-24,39-42H,7-8,13-14,21-22,25-30H2,(H,49,51)(H,50,52)/t39-,40?,41+,42+/m0/s1. The van der Waals surface area contributed by atoms with Gasteiger partial charge in [-0.05, 0) is 73.2 Å². The van der Waals surface area contributed by atoms with Gasteiger partial charge in [0, 0.05) is 24.2 Å². The molecule has 4 atom stereocenters. The van der Waals surface area contributed by atoms with E-state index in [1.807, 2.05) is 97.1 Å². The number of imidazole rings is 2. The second-order valence-corrected chi connectivity index (χ2v) is 16.4. The van der Waals surface area contributed by atoms with Gasteiger partial charge in [-0.3, -0.25) is 19.4 Å². The van der Waals surface area contributed by atoms with Crippen molar-refractivity contribution < 1.29 is 38.1 Å². The second kappa shape index (κ2) is 17.9. The fraction of sp³-hybridized carbons (Fsp3) is 0.333. The lowest BCUT2D eigenvalue weighted by Crippen LogP contribution is -2.49. The third-order valence-corrected chi connectivity index (χ3v) is 12.3. The van der Waals surface area contributed by atoms with Crippen molar-refractivity contribution in [1.82, 2.24) is 39.5 Å². The van der Waals surface area contributed by atoms with E-state index in [9.17, 15) is 19.2 Å². The average molecular weight is 863 g/mol. The van der Waals surface area contributed by atoms with Gasteiger partial charge in [0.15, 0.2) is 0 Å². The van der Waals surface area contributed by atoms with Gasteiger partial charge in [0.25, 0.3) is 0 Å². The first kappa shape index (κ1) is 40.8. The maximum Gasteiger partial charge on any atom is 0.412 e. The number of H-pyrrole nitrogens is 2. The van der Waals surface area contributed by atoms with Gasteiger partial charge >= 0.3 is 12.2 Å². The van der Waals surface area contributed by atoms with Gasteiger partial charge in [0.05, 0.1) is 47.4 Å². The van der Waals surface area contributed by atoms with E-state index >= 15 is 0 Å². The largest absolute Gasteiger partial charge is 0.444 e. The summed E-state index contributed by atoms with van der Waals surface area (Å²) in [5, 5.41) is 0. The average Bonchev–Trinajstić information content (AvgIpc) is 4.19. The Labute approximate surface area is 368 Å². The van der Waals surface area contributed by atoms with Crippen molar-refractivity contribution in [2.45, 2.75) is 63.1 Å². The van der Waals surface area contributed by atoms with Gasteiger partial charge in [-0.15, -0.1) is 0 Å². The molecular weight excluding hydrogens is 817 g/mol. The van der Waals surface area contributed by atoms with Crippen molar-refractivity contribution in [3.8, 4) is 11.8 Å². The number of nitrogens with one attached hydrogen (secondary N) is 2. The zero-order chi connectivity index (χ0) is 43.6. The van der Waals surface area contributed by atoms with Crippen LogP contribution in [0.2, 0.25) is 0 Å². The lowest BCUT2D eigenvalue weighted by molar-refractivity contribution is -0.137. The van der Waals surface area contributed by atoms with E-state index in [0.717, 1.165) is 70.0 Å². The summed E-state index contributed by atoms with van der Waals surface area (Å²) < 4.78 is 22.2. The Balaban J connectivity index is 0.788. The maximum absolute atomic E-state index is 13.9. The second-order valence-electron chi connectivity index (χ2n) is 16.4. The van der Waals surface area contributed by atoms with Crippen LogP contribution in [0.4, 0.5) is 9.59 Å². The lowest BCUT2D eigenvalue weighted by atomic mass is 10.1. The summed E-state index contributed by atoms with van der Waals surface area (Å²) in [6.45, 7) is 1.48. The number of likely N-dealkylation sites (tertiary alicyclic amines) is 2. The number of rotatable bonds is 8. The van der Waals surface area contributed by atoms with Gasteiger partial charge in [-0.2, -0.15) is 0 Å². The van der Waals surface area contributed by atoms with Crippen molar-refractivity contribution in [1.29, 1.82) is 0 Å². The van der Waals surface area contributed by atoms with Crippen LogP contribution >= 0.6 is 0 Å². The van der Waals surface area contributed by atoms with E-state index in [4.69, 9.17) is 28.9 Å². The van der Waals surface area contributed by atoms with Gasteiger partial charge in [0.2, 0.25) is 11.8 Å². The normalized spacial score (nSPS) is 20.8. The topological polar surface area (TPSA) is 176 Å². The molecular formula is C48H46N8O8. The molecule has 1 unspecified atom stereocenters. The summed E-state index contributed by atoms with van der Waals surface area (Å²) in [5.41, 5.74) is 6.39. The fourth-order valence-electron chi connectivity index (χ4n) is 8.94. The summed E-state index contributed by atoms with van der Waals surface area (Å²) in [4.78, 5) is 76.9. The first-order valence-electron chi connectivity index (χ1n) is 21.6. The van der Waals surface area contributed by atoms with Crippen LogP contribution in [0.3, 0.4) is 0 Å². The number of hydrogen-bond donors (Lipinski definition) is 2. The van der Waals surface area contributed by atoms with Gasteiger partial charge in [-0.25, -0.2) is 19.6 Å². The first-order chi connectivity index (χ1) is 31.4. The number of aromatic amines is 2. The summed E-state index contributed by atoms with van der Waals surface area (Å²) in [6.07, 6.45) is 1.90. The quantitative estimate of drug-likeness (QED) is 0.169. The summed E-state index contributed by atoms with van der Waals surface area (Å²) in [5.74, 6) is 7.51. The highest BCUT2D eigenvalue weighted by molar-refractivity contribution is 5.88. The van der Waals surface area contributed by atoms with Crippen molar-refractivity contribution in [2.24, 2.45) is 0 Å². The van der Waals surface area contributed by atoms with E-state index in [-0.39, 0.29) is 63.8 Å². The third kappa shape index (κ3) is 8.35. The Kier molecular flexibility index (Phi) is 11.4. The Hall–Kier alpha value is -7.22. The Morgan fingerprint density at radius 1 is 0.594 bits per heavy atom. The zero-order valence-electron chi connectivity index (χ0n) is 35.0. The summed E-state index contributed by atoms with van der Waals surface area (Å²) in [6, 6.07) is 28.3. The molecule has 0 radical (unpaired) electrons. The van der Waals surface area contributed by atoms with E-state index in [0.29, 0.717) is 24.7 Å². The van der Waals surface area contributed by atoms with Crippen LogP contribution in [-0.2, 0) is 41.8 Å². The van der Waals surface area contributed by atoms with Crippen LogP contribution in [0, 0.1) is 11.8 Å². The molecule has 4 aliphatic rings. The number of amides is 4. The minimum absolute atomic E-state index is 0.0107. The van der Waals surface area contributed by atoms with Crippen molar-refractivity contribution in [2.75, 3.05) is 39.8 Å². The van der Waals surface area contributed by atoms with Crippen molar-refractivity contribution >= 4 is 46.1 Å².